The van der Waals surface area contributed by atoms with E-state index in [1.807, 2.05) is 12.1 Å². The van der Waals surface area contributed by atoms with E-state index in [4.69, 9.17) is 13.9 Å². The molecule has 114 valence electrons. The minimum Gasteiger partial charge on any atom is -0.469 e. The molecule has 3 atom stereocenters. The van der Waals surface area contributed by atoms with E-state index in [1.54, 1.807) is 6.26 Å². The second-order valence-electron chi connectivity index (χ2n) is 5.42. The van der Waals surface area contributed by atoms with Crippen LogP contribution in [0.5, 0.6) is 0 Å². The molecule has 1 saturated heterocycles. The Morgan fingerprint density at radius 3 is 3.15 bits per heavy atom. The molecule has 1 aromatic heterocycles. The van der Waals surface area contributed by atoms with Gasteiger partial charge in [0.05, 0.1) is 31.7 Å². The van der Waals surface area contributed by atoms with E-state index in [9.17, 15) is 5.11 Å². The SMILES string of the molecule is CC(Cc1ccco1)NCC(O)COCC1CCCO1. The van der Waals surface area contributed by atoms with Crippen molar-refractivity contribution in [1.82, 2.24) is 5.32 Å². The summed E-state index contributed by atoms with van der Waals surface area (Å²) in [6.07, 6.45) is 4.40. The van der Waals surface area contributed by atoms with Crippen LogP contribution in [0.1, 0.15) is 25.5 Å². The molecule has 1 aromatic rings. The van der Waals surface area contributed by atoms with Crippen LogP contribution < -0.4 is 5.32 Å². The highest BCUT2D eigenvalue weighted by molar-refractivity contribution is 4.99. The number of furan rings is 1. The van der Waals surface area contributed by atoms with Crippen LogP contribution in [-0.4, -0.2) is 49.7 Å². The molecule has 2 rings (SSSR count). The van der Waals surface area contributed by atoms with E-state index in [0.717, 1.165) is 31.6 Å². The number of aliphatic hydroxyl groups is 1. The van der Waals surface area contributed by atoms with Gasteiger partial charge in [0.15, 0.2) is 0 Å². The van der Waals surface area contributed by atoms with Gasteiger partial charge in [-0.1, -0.05) is 0 Å². The highest BCUT2D eigenvalue weighted by Gasteiger charge is 2.16. The van der Waals surface area contributed by atoms with Crippen LogP contribution in [0.25, 0.3) is 0 Å². The van der Waals surface area contributed by atoms with Crippen molar-refractivity contribution in [3.63, 3.8) is 0 Å². The molecule has 2 heterocycles. The minimum absolute atomic E-state index is 0.216. The molecule has 0 saturated carbocycles. The fourth-order valence-electron chi connectivity index (χ4n) is 2.31. The smallest absolute Gasteiger partial charge is 0.105 e. The first-order valence-electron chi connectivity index (χ1n) is 7.37. The normalized spacial score (nSPS) is 22.0. The van der Waals surface area contributed by atoms with Crippen molar-refractivity contribution >= 4 is 0 Å². The van der Waals surface area contributed by atoms with E-state index >= 15 is 0 Å². The molecular formula is C15H25NO4. The summed E-state index contributed by atoms with van der Waals surface area (Å²) in [6.45, 7) is 4.36. The maximum absolute atomic E-state index is 9.85. The molecule has 20 heavy (non-hydrogen) atoms. The van der Waals surface area contributed by atoms with Crippen LogP contribution >= 0.6 is 0 Å². The molecule has 5 heteroatoms. The van der Waals surface area contributed by atoms with Gasteiger partial charge < -0.3 is 24.3 Å². The lowest BCUT2D eigenvalue weighted by Gasteiger charge is -2.17. The topological polar surface area (TPSA) is 63.9 Å². The second-order valence-corrected chi connectivity index (χ2v) is 5.42. The van der Waals surface area contributed by atoms with Crippen molar-refractivity contribution in [2.75, 3.05) is 26.4 Å². The van der Waals surface area contributed by atoms with Crippen LogP contribution in [0.15, 0.2) is 22.8 Å². The molecule has 1 aliphatic heterocycles. The Morgan fingerprint density at radius 2 is 2.45 bits per heavy atom. The first-order valence-corrected chi connectivity index (χ1v) is 7.37. The molecule has 0 radical (unpaired) electrons. The first-order chi connectivity index (χ1) is 9.74. The fourth-order valence-corrected chi connectivity index (χ4v) is 2.31. The van der Waals surface area contributed by atoms with E-state index in [1.165, 1.54) is 0 Å². The molecule has 1 aliphatic rings. The molecule has 0 bridgehead atoms. The Morgan fingerprint density at radius 1 is 1.55 bits per heavy atom. The summed E-state index contributed by atoms with van der Waals surface area (Å²) in [5.74, 6) is 0.953. The summed E-state index contributed by atoms with van der Waals surface area (Å²) in [5.41, 5.74) is 0. The number of hydrogen-bond acceptors (Lipinski definition) is 5. The number of hydrogen-bond donors (Lipinski definition) is 2. The standard InChI is InChI=1S/C15H25NO4/c1-12(8-14-4-2-6-19-14)16-9-13(17)10-18-11-15-5-3-7-20-15/h2,4,6,12-13,15-17H,3,5,7-11H2,1H3. The van der Waals surface area contributed by atoms with Crippen LogP contribution in [0.3, 0.4) is 0 Å². The Labute approximate surface area is 120 Å². The van der Waals surface area contributed by atoms with Gasteiger partial charge in [0.2, 0.25) is 0 Å². The maximum atomic E-state index is 9.85. The van der Waals surface area contributed by atoms with Crippen molar-refractivity contribution in [3.8, 4) is 0 Å². The van der Waals surface area contributed by atoms with Crippen LogP contribution in [0.2, 0.25) is 0 Å². The molecule has 5 nitrogen and oxygen atoms in total. The van der Waals surface area contributed by atoms with Crippen molar-refractivity contribution in [1.29, 1.82) is 0 Å². The molecular weight excluding hydrogens is 258 g/mol. The van der Waals surface area contributed by atoms with E-state index < -0.39 is 6.10 Å². The average Bonchev–Trinajstić information content (AvgIpc) is 3.09. The number of ether oxygens (including phenoxy) is 2. The predicted molar refractivity (Wildman–Crippen MR) is 75.7 cm³/mol. The zero-order valence-electron chi connectivity index (χ0n) is 12.1. The monoisotopic (exact) mass is 283 g/mol. The van der Waals surface area contributed by atoms with E-state index in [-0.39, 0.29) is 12.1 Å². The summed E-state index contributed by atoms with van der Waals surface area (Å²) >= 11 is 0. The van der Waals surface area contributed by atoms with Crippen molar-refractivity contribution < 1.29 is 19.0 Å². The molecule has 1 fully saturated rings. The summed E-state index contributed by atoms with van der Waals surface area (Å²) in [4.78, 5) is 0. The number of rotatable bonds is 9. The number of nitrogens with one attached hydrogen (secondary N) is 1. The van der Waals surface area contributed by atoms with Gasteiger partial charge in [0.1, 0.15) is 5.76 Å². The molecule has 0 spiro atoms. The van der Waals surface area contributed by atoms with E-state index in [0.29, 0.717) is 19.8 Å². The molecule has 2 N–H and O–H groups in total. The van der Waals surface area contributed by atoms with Gasteiger partial charge in [-0.3, -0.25) is 0 Å². The van der Waals surface area contributed by atoms with Gasteiger partial charge in [-0.2, -0.15) is 0 Å². The lowest BCUT2D eigenvalue weighted by Crippen LogP contribution is -2.37. The number of aliphatic hydroxyl groups excluding tert-OH is 1. The summed E-state index contributed by atoms with van der Waals surface area (Å²) in [7, 11) is 0. The molecule has 3 unspecified atom stereocenters. The highest BCUT2D eigenvalue weighted by atomic mass is 16.5. The third-order valence-electron chi connectivity index (χ3n) is 3.43. The Bertz CT molecular complexity index is 349. The van der Waals surface area contributed by atoms with Gasteiger partial charge in [-0.05, 0) is 31.9 Å². The third kappa shape index (κ3) is 5.63. The molecule has 0 aliphatic carbocycles. The predicted octanol–water partition coefficient (Wildman–Crippen LogP) is 1.36. The van der Waals surface area contributed by atoms with Gasteiger partial charge in [0.25, 0.3) is 0 Å². The Hall–Kier alpha value is -0.880. The van der Waals surface area contributed by atoms with Crippen LogP contribution in [0.4, 0.5) is 0 Å². The summed E-state index contributed by atoms with van der Waals surface area (Å²) < 4.78 is 16.2. The Kier molecular flexibility index (Phi) is 6.53. The molecule has 0 aromatic carbocycles. The van der Waals surface area contributed by atoms with Crippen LogP contribution in [0, 0.1) is 0 Å². The third-order valence-corrected chi connectivity index (χ3v) is 3.43. The zero-order chi connectivity index (χ0) is 14.2. The van der Waals surface area contributed by atoms with E-state index in [2.05, 4.69) is 12.2 Å². The van der Waals surface area contributed by atoms with Crippen LogP contribution in [-0.2, 0) is 15.9 Å². The van der Waals surface area contributed by atoms with Crippen molar-refractivity contribution in [3.05, 3.63) is 24.2 Å². The first kappa shape index (κ1) is 15.5. The Balaban J connectivity index is 1.51. The summed E-state index contributed by atoms with van der Waals surface area (Å²) in [6, 6.07) is 4.10. The van der Waals surface area contributed by atoms with Crippen molar-refractivity contribution in [2.24, 2.45) is 0 Å². The van der Waals surface area contributed by atoms with Crippen molar-refractivity contribution in [2.45, 2.75) is 44.4 Å². The maximum Gasteiger partial charge on any atom is 0.105 e. The van der Waals surface area contributed by atoms with Gasteiger partial charge in [-0.25, -0.2) is 0 Å². The van der Waals surface area contributed by atoms with Gasteiger partial charge in [0, 0.05) is 25.6 Å². The lowest BCUT2D eigenvalue weighted by molar-refractivity contribution is -0.0168. The zero-order valence-corrected chi connectivity index (χ0v) is 12.1. The lowest BCUT2D eigenvalue weighted by atomic mass is 10.2. The fraction of sp³-hybridized carbons (Fsp3) is 0.733. The van der Waals surface area contributed by atoms with Gasteiger partial charge in [-0.15, -0.1) is 0 Å². The largest absolute Gasteiger partial charge is 0.469 e. The minimum atomic E-state index is -0.490. The quantitative estimate of drug-likeness (QED) is 0.716. The molecule has 0 amide bonds. The second kappa shape index (κ2) is 8.42. The van der Waals surface area contributed by atoms with Gasteiger partial charge >= 0.3 is 0 Å². The highest BCUT2D eigenvalue weighted by Crippen LogP contribution is 2.11. The average molecular weight is 283 g/mol. The summed E-state index contributed by atoms with van der Waals surface area (Å²) in [5, 5.41) is 13.1.